The van der Waals surface area contributed by atoms with Gasteiger partial charge in [-0.2, -0.15) is 0 Å². The fourth-order valence-electron chi connectivity index (χ4n) is 2.86. The van der Waals surface area contributed by atoms with Gasteiger partial charge in [-0.15, -0.1) is 0 Å². The molecule has 4 nitrogen and oxygen atoms in total. The molecule has 3 rings (SSSR count). The number of hydrogen-bond acceptors (Lipinski definition) is 3. The lowest BCUT2D eigenvalue weighted by Crippen LogP contribution is -2.31. The second-order valence-corrected chi connectivity index (χ2v) is 5.72. The molecule has 0 atom stereocenters. The number of amides is 1. The van der Waals surface area contributed by atoms with Crippen molar-refractivity contribution in [3.63, 3.8) is 0 Å². The van der Waals surface area contributed by atoms with E-state index in [1.54, 1.807) is 18.5 Å². The van der Waals surface area contributed by atoms with Crippen molar-refractivity contribution in [3.05, 3.63) is 24.0 Å². The maximum Gasteiger partial charge on any atom is 0.253 e. The van der Waals surface area contributed by atoms with Crippen LogP contribution in [0.2, 0.25) is 0 Å². The molecule has 1 amide bonds. The summed E-state index contributed by atoms with van der Waals surface area (Å²) < 4.78 is 0. The molecule has 0 saturated heterocycles. The number of nitrogens with zero attached hydrogens (tertiary/aromatic N) is 1. The second-order valence-electron chi connectivity index (χ2n) is 5.72. The molecule has 0 radical (unpaired) electrons. The molecule has 0 unspecified atom stereocenters. The predicted molar refractivity (Wildman–Crippen MR) is 75.1 cm³/mol. The molecular formula is C15H21N3O. The van der Waals surface area contributed by atoms with Crippen molar-refractivity contribution in [3.8, 4) is 0 Å². The van der Waals surface area contributed by atoms with Gasteiger partial charge in [-0.3, -0.25) is 9.78 Å². The van der Waals surface area contributed by atoms with E-state index in [1.165, 1.54) is 25.7 Å². The summed E-state index contributed by atoms with van der Waals surface area (Å²) in [6.07, 6.45) is 8.77. The van der Waals surface area contributed by atoms with Crippen molar-refractivity contribution in [1.29, 1.82) is 0 Å². The number of nitrogens with one attached hydrogen (secondary N) is 2. The Labute approximate surface area is 114 Å². The maximum atomic E-state index is 12.2. The molecular weight excluding hydrogens is 238 g/mol. The van der Waals surface area contributed by atoms with Crippen LogP contribution in [0, 0.1) is 17.8 Å². The monoisotopic (exact) mass is 259 g/mol. The van der Waals surface area contributed by atoms with Crippen molar-refractivity contribution in [1.82, 2.24) is 10.3 Å². The Hall–Kier alpha value is -1.58. The first-order valence-corrected chi connectivity index (χ1v) is 7.19. The number of aromatic nitrogens is 1. The minimum atomic E-state index is 0.0121. The smallest absolute Gasteiger partial charge is 0.253 e. The van der Waals surface area contributed by atoms with Crippen molar-refractivity contribution >= 4 is 11.6 Å². The Morgan fingerprint density at radius 2 is 2.05 bits per heavy atom. The quantitative estimate of drug-likeness (QED) is 0.824. The Bertz CT molecular complexity index is 454. The van der Waals surface area contributed by atoms with Gasteiger partial charge in [0, 0.05) is 19.8 Å². The van der Waals surface area contributed by atoms with Gasteiger partial charge in [-0.1, -0.05) is 0 Å². The first-order valence-electron chi connectivity index (χ1n) is 7.19. The highest BCUT2D eigenvalue weighted by molar-refractivity contribution is 5.99. The van der Waals surface area contributed by atoms with Crippen molar-refractivity contribution < 1.29 is 4.79 Å². The average molecular weight is 259 g/mol. The summed E-state index contributed by atoms with van der Waals surface area (Å²) in [5.41, 5.74) is 1.47. The van der Waals surface area contributed by atoms with Gasteiger partial charge in [0.05, 0.1) is 17.4 Å². The van der Waals surface area contributed by atoms with E-state index in [1.807, 2.05) is 7.05 Å². The highest BCUT2D eigenvalue weighted by Gasteiger charge is 2.41. The molecule has 0 aromatic carbocycles. The lowest BCUT2D eigenvalue weighted by atomic mass is 9.98. The standard InChI is InChI=1S/C15H21N3O/c1-16-14-9-17-7-6-12(14)15(19)18-8-13(10-2-3-10)11-4-5-11/h6-7,9-11,13,16H,2-5,8H2,1H3,(H,18,19). The van der Waals surface area contributed by atoms with E-state index in [4.69, 9.17) is 0 Å². The summed E-state index contributed by atoms with van der Waals surface area (Å²) in [5.74, 6) is 2.46. The molecule has 1 aromatic rings. The SMILES string of the molecule is CNc1cnccc1C(=O)NCC(C1CC1)C1CC1. The molecule has 4 heteroatoms. The number of anilines is 1. The molecule has 0 spiro atoms. The van der Waals surface area contributed by atoms with E-state index < -0.39 is 0 Å². The summed E-state index contributed by atoms with van der Waals surface area (Å²) in [6.45, 7) is 0.833. The van der Waals surface area contributed by atoms with Gasteiger partial charge >= 0.3 is 0 Å². The molecule has 2 aliphatic carbocycles. The minimum Gasteiger partial charge on any atom is -0.386 e. The number of carbonyl (C=O) groups is 1. The molecule has 0 aliphatic heterocycles. The van der Waals surface area contributed by atoms with E-state index >= 15 is 0 Å². The number of rotatable bonds is 6. The van der Waals surface area contributed by atoms with E-state index in [0.717, 1.165) is 24.1 Å². The first-order chi connectivity index (χ1) is 9.29. The zero-order valence-electron chi connectivity index (χ0n) is 11.4. The lowest BCUT2D eigenvalue weighted by molar-refractivity contribution is 0.0944. The highest BCUT2D eigenvalue weighted by atomic mass is 16.1. The fraction of sp³-hybridized carbons (Fsp3) is 0.600. The number of hydrogen-bond donors (Lipinski definition) is 2. The third kappa shape index (κ3) is 2.88. The molecule has 2 saturated carbocycles. The van der Waals surface area contributed by atoms with Crippen LogP contribution in [0.15, 0.2) is 18.5 Å². The number of carbonyl (C=O) groups excluding carboxylic acids is 1. The topological polar surface area (TPSA) is 54.0 Å². The molecule has 102 valence electrons. The van der Waals surface area contributed by atoms with Gasteiger partial charge in [0.2, 0.25) is 0 Å². The zero-order valence-corrected chi connectivity index (χ0v) is 11.4. The normalized spacial score (nSPS) is 18.4. The van der Waals surface area contributed by atoms with Gasteiger partial charge in [-0.05, 0) is 49.5 Å². The highest BCUT2D eigenvalue weighted by Crippen LogP contribution is 2.48. The van der Waals surface area contributed by atoms with Crippen LogP contribution in [-0.4, -0.2) is 24.5 Å². The summed E-state index contributed by atoms with van der Waals surface area (Å²) in [6, 6.07) is 1.77. The predicted octanol–water partition coefficient (Wildman–Crippen LogP) is 2.29. The summed E-state index contributed by atoms with van der Waals surface area (Å²) in [4.78, 5) is 16.3. The fourth-order valence-corrected chi connectivity index (χ4v) is 2.86. The van der Waals surface area contributed by atoms with Crippen LogP contribution in [0.25, 0.3) is 0 Å². The van der Waals surface area contributed by atoms with Crippen LogP contribution in [0.5, 0.6) is 0 Å². The van der Waals surface area contributed by atoms with E-state index in [0.29, 0.717) is 11.5 Å². The zero-order chi connectivity index (χ0) is 13.2. The van der Waals surface area contributed by atoms with Gasteiger partial charge in [0.1, 0.15) is 0 Å². The van der Waals surface area contributed by atoms with Gasteiger partial charge < -0.3 is 10.6 Å². The van der Waals surface area contributed by atoms with Crippen LogP contribution in [0.3, 0.4) is 0 Å². The van der Waals surface area contributed by atoms with E-state index in [9.17, 15) is 4.79 Å². The third-order valence-corrected chi connectivity index (χ3v) is 4.29. The molecule has 19 heavy (non-hydrogen) atoms. The van der Waals surface area contributed by atoms with Gasteiger partial charge in [0.25, 0.3) is 5.91 Å². The molecule has 1 heterocycles. The van der Waals surface area contributed by atoms with E-state index in [2.05, 4.69) is 15.6 Å². The molecule has 2 aliphatic rings. The summed E-state index contributed by atoms with van der Waals surface area (Å²) in [5, 5.41) is 6.12. The number of pyridine rings is 1. The Morgan fingerprint density at radius 3 is 2.63 bits per heavy atom. The van der Waals surface area contributed by atoms with Crippen LogP contribution in [0.4, 0.5) is 5.69 Å². The molecule has 2 N–H and O–H groups in total. The Kier molecular flexibility index (Phi) is 3.40. The lowest BCUT2D eigenvalue weighted by Gasteiger charge is -2.17. The Balaban J connectivity index is 1.61. The molecule has 0 bridgehead atoms. The maximum absolute atomic E-state index is 12.2. The van der Waals surface area contributed by atoms with Crippen molar-refractivity contribution in [2.45, 2.75) is 25.7 Å². The van der Waals surface area contributed by atoms with Crippen molar-refractivity contribution in [2.24, 2.45) is 17.8 Å². The van der Waals surface area contributed by atoms with Gasteiger partial charge in [-0.25, -0.2) is 0 Å². The van der Waals surface area contributed by atoms with Crippen molar-refractivity contribution in [2.75, 3.05) is 18.9 Å². The first kappa shape index (κ1) is 12.5. The third-order valence-electron chi connectivity index (χ3n) is 4.29. The van der Waals surface area contributed by atoms with Crippen LogP contribution < -0.4 is 10.6 Å². The molecule has 1 aromatic heterocycles. The second kappa shape index (κ2) is 5.19. The minimum absolute atomic E-state index is 0.0121. The van der Waals surface area contributed by atoms with Crippen LogP contribution >= 0.6 is 0 Å². The largest absolute Gasteiger partial charge is 0.386 e. The Morgan fingerprint density at radius 1 is 1.37 bits per heavy atom. The van der Waals surface area contributed by atoms with E-state index in [-0.39, 0.29) is 5.91 Å². The van der Waals surface area contributed by atoms with Gasteiger partial charge in [0.15, 0.2) is 0 Å². The average Bonchev–Trinajstić information content (AvgIpc) is 3.31. The van der Waals surface area contributed by atoms with Crippen LogP contribution in [0.1, 0.15) is 36.0 Å². The molecule has 2 fully saturated rings. The summed E-state index contributed by atoms with van der Waals surface area (Å²) >= 11 is 0. The van der Waals surface area contributed by atoms with Crippen LogP contribution in [-0.2, 0) is 0 Å². The summed E-state index contributed by atoms with van der Waals surface area (Å²) in [7, 11) is 1.81.